The van der Waals surface area contributed by atoms with E-state index in [0.717, 1.165) is 30.6 Å². The number of hydrogen-bond donors (Lipinski definition) is 1. The molecule has 22 heavy (non-hydrogen) atoms. The van der Waals surface area contributed by atoms with Crippen LogP contribution < -0.4 is 0 Å². The summed E-state index contributed by atoms with van der Waals surface area (Å²) >= 11 is 0. The zero-order valence-electron chi connectivity index (χ0n) is 12.9. The van der Waals surface area contributed by atoms with E-state index in [1.165, 1.54) is 11.6 Å². The van der Waals surface area contributed by atoms with Crippen LogP contribution in [0.1, 0.15) is 29.0 Å². The van der Waals surface area contributed by atoms with Crippen molar-refractivity contribution in [1.82, 2.24) is 4.90 Å². The molecule has 3 rings (SSSR count). The molecular weight excluding hydrogens is 277 g/mol. The van der Waals surface area contributed by atoms with Crippen LogP contribution >= 0.6 is 0 Å². The molecule has 0 saturated carbocycles. The number of rotatable bonds is 3. The van der Waals surface area contributed by atoms with Gasteiger partial charge < -0.3 is 5.11 Å². The molecule has 116 valence electrons. The Kier molecular flexibility index (Phi) is 4.55. The Labute approximate surface area is 131 Å². The summed E-state index contributed by atoms with van der Waals surface area (Å²) < 4.78 is 13.2. The normalized spacial score (nSPS) is 22.7. The molecule has 2 unspecified atom stereocenters. The molecule has 2 nitrogen and oxygen atoms in total. The summed E-state index contributed by atoms with van der Waals surface area (Å²) in [5.41, 5.74) is 3.28. The Hall–Kier alpha value is -1.71. The predicted octanol–water partition coefficient (Wildman–Crippen LogP) is 3.48. The molecule has 0 radical (unpaired) electrons. The summed E-state index contributed by atoms with van der Waals surface area (Å²) in [6.07, 6.45) is 0.502. The summed E-state index contributed by atoms with van der Waals surface area (Å²) in [7, 11) is 0. The Morgan fingerprint density at radius 2 is 1.95 bits per heavy atom. The first-order chi connectivity index (χ1) is 10.6. The highest BCUT2D eigenvalue weighted by molar-refractivity contribution is 5.31. The van der Waals surface area contributed by atoms with Gasteiger partial charge in [0.15, 0.2) is 0 Å². The van der Waals surface area contributed by atoms with Crippen molar-refractivity contribution in [2.24, 2.45) is 0 Å². The number of piperidine rings is 1. The summed E-state index contributed by atoms with van der Waals surface area (Å²) in [4.78, 5) is 2.29. The first-order valence-electron chi connectivity index (χ1n) is 7.84. The van der Waals surface area contributed by atoms with Crippen molar-refractivity contribution in [2.75, 3.05) is 13.1 Å². The molecule has 2 aromatic carbocycles. The molecule has 3 heteroatoms. The second kappa shape index (κ2) is 6.59. The van der Waals surface area contributed by atoms with Crippen LogP contribution in [0, 0.1) is 12.7 Å². The molecule has 1 saturated heterocycles. The minimum atomic E-state index is -0.401. The smallest absolute Gasteiger partial charge is 0.123 e. The zero-order valence-corrected chi connectivity index (χ0v) is 12.9. The van der Waals surface area contributed by atoms with Gasteiger partial charge in [-0.15, -0.1) is 0 Å². The Balaban J connectivity index is 1.67. The van der Waals surface area contributed by atoms with Crippen molar-refractivity contribution in [3.05, 3.63) is 71.0 Å². The lowest BCUT2D eigenvalue weighted by Gasteiger charge is -2.36. The van der Waals surface area contributed by atoms with Crippen LogP contribution in [-0.2, 0) is 6.54 Å². The maximum Gasteiger partial charge on any atom is 0.123 e. The first kappa shape index (κ1) is 15.2. The van der Waals surface area contributed by atoms with Crippen molar-refractivity contribution >= 4 is 0 Å². The van der Waals surface area contributed by atoms with Gasteiger partial charge in [0.05, 0.1) is 6.10 Å². The second-order valence-corrected chi connectivity index (χ2v) is 6.18. The van der Waals surface area contributed by atoms with Crippen molar-refractivity contribution in [1.29, 1.82) is 0 Å². The topological polar surface area (TPSA) is 23.5 Å². The van der Waals surface area contributed by atoms with Gasteiger partial charge in [-0.25, -0.2) is 4.39 Å². The highest BCUT2D eigenvalue weighted by atomic mass is 19.1. The number of likely N-dealkylation sites (tertiary alicyclic amines) is 1. The largest absolute Gasteiger partial charge is 0.391 e. The SMILES string of the molecule is Cc1cc(F)ccc1C1CCN(Cc2ccccc2)CC1O. The van der Waals surface area contributed by atoms with Gasteiger partial charge in [0.1, 0.15) is 5.82 Å². The number of halogens is 1. The van der Waals surface area contributed by atoms with Crippen LogP contribution in [-0.4, -0.2) is 29.2 Å². The molecule has 2 aromatic rings. The average molecular weight is 299 g/mol. The van der Waals surface area contributed by atoms with E-state index in [2.05, 4.69) is 17.0 Å². The maximum atomic E-state index is 13.2. The minimum absolute atomic E-state index is 0.104. The monoisotopic (exact) mass is 299 g/mol. The number of nitrogens with zero attached hydrogens (tertiary/aromatic N) is 1. The van der Waals surface area contributed by atoms with Crippen LogP contribution in [0.4, 0.5) is 4.39 Å². The Bertz CT molecular complexity index is 629. The van der Waals surface area contributed by atoms with E-state index in [0.29, 0.717) is 6.54 Å². The fourth-order valence-corrected chi connectivity index (χ4v) is 3.40. The van der Waals surface area contributed by atoms with Gasteiger partial charge in [0, 0.05) is 19.0 Å². The lowest BCUT2D eigenvalue weighted by atomic mass is 9.84. The highest BCUT2D eigenvalue weighted by Gasteiger charge is 2.29. The lowest BCUT2D eigenvalue weighted by Crippen LogP contribution is -2.42. The maximum absolute atomic E-state index is 13.2. The molecule has 1 heterocycles. The van der Waals surface area contributed by atoms with E-state index in [1.807, 2.05) is 31.2 Å². The quantitative estimate of drug-likeness (QED) is 0.938. The second-order valence-electron chi connectivity index (χ2n) is 6.18. The van der Waals surface area contributed by atoms with E-state index in [9.17, 15) is 9.50 Å². The van der Waals surface area contributed by atoms with Gasteiger partial charge in [-0.1, -0.05) is 36.4 Å². The number of aliphatic hydroxyl groups excluding tert-OH is 1. The number of aryl methyl sites for hydroxylation is 1. The molecule has 1 aliphatic rings. The van der Waals surface area contributed by atoms with Crippen LogP contribution in [0.25, 0.3) is 0 Å². The van der Waals surface area contributed by atoms with Crippen LogP contribution in [0.15, 0.2) is 48.5 Å². The average Bonchev–Trinajstić information content (AvgIpc) is 2.49. The molecule has 1 fully saturated rings. The fourth-order valence-electron chi connectivity index (χ4n) is 3.40. The fraction of sp³-hybridized carbons (Fsp3) is 0.368. The van der Waals surface area contributed by atoms with Crippen LogP contribution in [0.2, 0.25) is 0 Å². The molecule has 0 bridgehead atoms. The highest BCUT2D eigenvalue weighted by Crippen LogP contribution is 2.31. The van der Waals surface area contributed by atoms with Gasteiger partial charge in [0.2, 0.25) is 0 Å². The van der Waals surface area contributed by atoms with Gasteiger partial charge in [-0.2, -0.15) is 0 Å². The molecule has 0 aromatic heterocycles. The Morgan fingerprint density at radius 3 is 2.64 bits per heavy atom. The Morgan fingerprint density at radius 1 is 1.18 bits per heavy atom. The first-order valence-corrected chi connectivity index (χ1v) is 7.84. The molecule has 0 amide bonds. The summed E-state index contributed by atoms with van der Waals surface area (Å²) in [5, 5.41) is 10.5. The van der Waals surface area contributed by atoms with Crippen molar-refractivity contribution in [3.63, 3.8) is 0 Å². The summed E-state index contributed by atoms with van der Waals surface area (Å²) in [6.45, 7) is 4.40. The van der Waals surface area contributed by atoms with E-state index < -0.39 is 6.10 Å². The third-order valence-corrected chi connectivity index (χ3v) is 4.55. The van der Waals surface area contributed by atoms with Gasteiger partial charge in [-0.3, -0.25) is 4.90 Å². The van der Waals surface area contributed by atoms with E-state index in [-0.39, 0.29) is 11.7 Å². The van der Waals surface area contributed by atoms with Crippen LogP contribution in [0.3, 0.4) is 0 Å². The van der Waals surface area contributed by atoms with E-state index in [1.54, 1.807) is 6.07 Å². The molecule has 2 atom stereocenters. The van der Waals surface area contributed by atoms with Gasteiger partial charge in [-0.05, 0) is 48.7 Å². The van der Waals surface area contributed by atoms with Gasteiger partial charge in [0.25, 0.3) is 0 Å². The lowest BCUT2D eigenvalue weighted by molar-refractivity contribution is 0.0474. The van der Waals surface area contributed by atoms with E-state index in [4.69, 9.17) is 0 Å². The van der Waals surface area contributed by atoms with Crippen molar-refractivity contribution < 1.29 is 9.50 Å². The molecule has 1 N–H and O–H groups in total. The number of aliphatic hydroxyl groups is 1. The zero-order chi connectivity index (χ0) is 15.5. The third kappa shape index (κ3) is 3.37. The number of hydrogen-bond acceptors (Lipinski definition) is 2. The number of β-amino-alcohol motifs (C(OH)–C–C–N with tert-alkyl or cyclic N) is 1. The molecule has 0 aliphatic carbocycles. The molecule has 1 aliphatic heterocycles. The summed E-state index contributed by atoms with van der Waals surface area (Å²) in [5.74, 6) is -0.107. The van der Waals surface area contributed by atoms with Crippen molar-refractivity contribution in [2.45, 2.75) is 31.9 Å². The van der Waals surface area contributed by atoms with E-state index >= 15 is 0 Å². The molecular formula is C19H22FNO. The minimum Gasteiger partial charge on any atom is -0.391 e. The number of benzene rings is 2. The third-order valence-electron chi connectivity index (χ3n) is 4.55. The molecule has 0 spiro atoms. The predicted molar refractivity (Wildman–Crippen MR) is 86.2 cm³/mol. The van der Waals surface area contributed by atoms with Crippen molar-refractivity contribution in [3.8, 4) is 0 Å². The standard InChI is InChI=1S/C19H22FNO/c1-14-11-16(20)7-8-17(14)18-9-10-21(13-19(18)22)12-15-5-3-2-4-6-15/h2-8,11,18-19,22H,9-10,12-13H2,1H3. The van der Waals surface area contributed by atoms with Gasteiger partial charge >= 0.3 is 0 Å². The van der Waals surface area contributed by atoms with Crippen LogP contribution in [0.5, 0.6) is 0 Å². The summed E-state index contributed by atoms with van der Waals surface area (Å²) in [6, 6.07) is 15.2.